The van der Waals surface area contributed by atoms with E-state index in [-0.39, 0.29) is 5.92 Å². The molecule has 0 aromatic carbocycles. The molecule has 3 atom stereocenters. The van der Waals surface area contributed by atoms with Crippen molar-refractivity contribution in [3.8, 4) is 0 Å². The topological polar surface area (TPSA) is 29.5 Å². The van der Waals surface area contributed by atoms with Gasteiger partial charge >= 0.3 is 0 Å². The number of hydrogen-bond acceptors (Lipinski definition) is 3. The van der Waals surface area contributed by atoms with Crippen LogP contribution in [0, 0.1) is 17.8 Å². The number of morpholine rings is 1. The molecule has 0 bridgehead atoms. The van der Waals surface area contributed by atoms with Crippen LogP contribution in [0.25, 0.3) is 0 Å². The van der Waals surface area contributed by atoms with Gasteiger partial charge in [-0.1, -0.05) is 13.8 Å². The molecule has 0 N–H and O–H groups in total. The largest absolute Gasteiger partial charge is 0.379 e. The first-order chi connectivity index (χ1) is 8.58. The van der Waals surface area contributed by atoms with Crippen molar-refractivity contribution in [1.29, 1.82) is 0 Å². The normalized spacial score (nSPS) is 35.1. The predicted molar refractivity (Wildman–Crippen MR) is 72.5 cm³/mol. The Bertz CT molecular complexity index is 290. The molecular weight excluding hydrogens is 226 g/mol. The van der Waals surface area contributed by atoms with E-state index in [4.69, 9.17) is 4.74 Å². The maximum absolute atomic E-state index is 12.1. The van der Waals surface area contributed by atoms with Crippen molar-refractivity contribution in [2.24, 2.45) is 17.8 Å². The number of carbonyl (C=O) groups is 1. The second kappa shape index (κ2) is 6.16. The first kappa shape index (κ1) is 14.0. The van der Waals surface area contributed by atoms with Gasteiger partial charge in [0.05, 0.1) is 13.2 Å². The molecule has 18 heavy (non-hydrogen) atoms. The van der Waals surface area contributed by atoms with Gasteiger partial charge in [-0.05, 0) is 31.6 Å². The second-order valence-electron chi connectivity index (χ2n) is 6.36. The van der Waals surface area contributed by atoms with Gasteiger partial charge in [-0.25, -0.2) is 0 Å². The van der Waals surface area contributed by atoms with Crippen LogP contribution in [0.4, 0.5) is 0 Å². The third-order valence-corrected chi connectivity index (χ3v) is 4.71. The van der Waals surface area contributed by atoms with Gasteiger partial charge in [0, 0.05) is 31.5 Å². The van der Waals surface area contributed by atoms with Crippen LogP contribution < -0.4 is 0 Å². The average molecular weight is 253 g/mol. The molecule has 1 heterocycles. The van der Waals surface area contributed by atoms with E-state index in [1.165, 1.54) is 0 Å². The summed E-state index contributed by atoms with van der Waals surface area (Å²) >= 11 is 0. The van der Waals surface area contributed by atoms with E-state index in [0.29, 0.717) is 17.7 Å². The van der Waals surface area contributed by atoms with Crippen molar-refractivity contribution in [2.75, 3.05) is 26.3 Å². The van der Waals surface area contributed by atoms with E-state index in [1.807, 2.05) is 0 Å². The first-order valence-electron chi connectivity index (χ1n) is 7.42. The lowest BCUT2D eigenvalue weighted by atomic mass is 9.75. The highest BCUT2D eigenvalue weighted by molar-refractivity contribution is 5.82. The van der Waals surface area contributed by atoms with Crippen LogP contribution in [0.5, 0.6) is 0 Å². The number of rotatable bonds is 3. The predicted octanol–water partition coefficient (Wildman–Crippen LogP) is 2.35. The number of ketones is 1. The van der Waals surface area contributed by atoms with E-state index in [1.54, 1.807) is 0 Å². The third-order valence-electron chi connectivity index (χ3n) is 4.71. The molecule has 0 aromatic rings. The van der Waals surface area contributed by atoms with Crippen molar-refractivity contribution in [1.82, 2.24) is 4.90 Å². The van der Waals surface area contributed by atoms with Gasteiger partial charge in [-0.2, -0.15) is 0 Å². The molecule has 0 aromatic heterocycles. The molecule has 3 unspecified atom stereocenters. The lowest BCUT2D eigenvalue weighted by Crippen LogP contribution is -2.47. The van der Waals surface area contributed by atoms with E-state index < -0.39 is 0 Å². The molecule has 3 nitrogen and oxygen atoms in total. The summed E-state index contributed by atoms with van der Waals surface area (Å²) in [6, 6.07) is 0.464. The highest BCUT2D eigenvalue weighted by atomic mass is 16.5. The summed E-state index contributed by atoms with van der Waals surface area (Å²) in [4.78, 5) is 14.5. The Kier molecular flexibility index (Phi) is 4.79. The minimum atomic E-state index is 0.270. The summed E-state index contributed by atoms with van der Waals surface area (Å²) in [5, 5.41) is 0. The molecule has 1 aliphatic heterocycles. The minimum absolute atomic E-state index is 0.270. The third kappa shape index (κ3) is 3.33. The molecular formula is C15H27NO2. The van der Waals surface area contributed by atoms with Crippen LogP contribution in [0.2, 0.25) is 0 Å². The van der Waals surface area contributed by atoms with E-state index >= 15 is 0 Å². The Balaban J connectivity index is 1.91. The fourth-order valence-corrected chi connectivity index (χ4v) is 3.24. The van der Waals surface area contributed by atoms with Gasteiger partial charge < -0.3 is 4.74 Å². The Morgan fingerprint density at radius 3 is 2.89 bits per heavy atom. The molecule has 3 heteroatoms. The van der Waals surface area contributed by atoms with Crippen LogP contribution in [0.1, 0.15) is 40.0 Å². The highest BCUT2D eigenvalue weighted by Gasteiger charge is 2.32. The van der Waals surface area contributed by atoms with Crippen LogP contribution in [-0.4, -0.2) is 43.0 Å². The van der Waals surface area contributed by atoms with Crippen LogP contribution >= 0.6 is 0 Å². The number of hydrogen-bond donors (Lipinski definition) is 0. The number of ether oxygens (including phenoxy) is 1. The molecule has 1 saturated heterocycles. The monoisotopic (exact) mass is 253 g/mol. The lowest BCUT2D eigenvalue weighted by Gasteiger charge is -2.38. The Hall–Kier alpha value is -0.410. The summed E-state index contributed by atoms with van der Waals surface area (Å²) in [6.45, 7) is 10.3. The molecule has 104 valence electrons. The second-order valence-corrected chi connectivity index (χ2v) is 6.36. The van der Waals surface area contributed by atoms with Crippen molar-refractivity contribution in [3.05, 3.63) is 0 Å². The van der Waals surface area contributed by atoms with Gasteiger partial charge in [-0.3, -0.25) is 9.69 Å². The molecule has 0 amide bonds. The number of nitrogens with zero attached hydrogens (tertiary/aromatic N) is 1. The molecule has 1 aliphatic carbocycles. The first-order valence-corrected chi connectivity index (χ1v) is 7.42. The zero-order chi connectivity index (χ0) is 13.1. The van der Waals surface area contributed by atoms with Gasteiger partial charge in [0.1, 0.15) is 5.78 Å². The van der Waals surface area contributed by atoms with Gasteiger partial charge in [0.25, 0.3) is 0 Å². The Morgan fingerprint density at radius 2 is 2.22 bits per heavy atom. The van der Waals surface area contributed by atoms with Crippen LogP contribution in [0.3, 0.4) is 0 Å². The molecule has 2 rings (SSSR count). The van der Waals surface area contributed by atoms with Gasteiger partial charge in [0.2, 0.25) is 0 Å². The molecule has 2 aliphatic rings. The number of Topliss-reactive ketones (excluding diaryl/α,β-unsaturated/α-hetero) is 1. The fraction of sp³-hybridized carbons (Fsp3) is 0.933. The van der Waals surface area contributed by atoms with E-state index in [9.17, 15) is 4.79 Å². The van der Waals surface area contributed by atoms with Crippen LogP contribution in [0.15, 0.2) is 0 Å². The zero-order valence-corrected chi connectivity index (χ0v) is 12.0. The van der Waals surface area contributed by atoms with Gasteiger partial charge in [0.15, 0.2) is 0 Å². The number of carbonyl (C=O) groups excluding carboxylic acids is 1. The summed E-state index contributed by atoms with van der Waals surface area (Å²) in [7, 11) is 0. The lowest BCUT2D eigenvalue weighted by molar-refractivity contribution is -0.127. The van der Waals surface area contributed by atoms with Crippen molar-refractivity contribution in [2.45, 2.75) is 46.1 Å². The molecule has 2 fully saturated rings. The SMILES string of the molecule is CC(C)C1CCC(=O)C(CN2CCOCC2C)C1. The van der Waals surface area contributed by atoms with Crippen molar-refractivity contribution >= 4 is 5.78 Å². The maximum atomic E-state index is 12.1. The minimum Gasteiger partial charge on any atom is -0.379 e. The van der Waals surface area contributed by atoms with E-state index in [0.717, 1.165) is 51.5 Å². The maximum Gasteiger partial charge on any atom is 0.137 e. The average Bonchev–Trinajstić information content (AvgIpc) is 2.34. The highest BCUT2D eigenvalue weighted by Crippen LogP contribution is 2.32. The standard InChI is InChI=1S/C15H27NO2/c1-11(2)13-4-5-15(17)14(8-13)9-16-6-7-18-10-12(16)3/h11-14H,4-10H2,1-3H3. The zero-order valence-electron chi connectivity index (χ0n) is 12.0. The fourth-order valence-electron chi connectivity index (χ4n) is 3.24. The van der Waals surface area contributed by atoms with Crippen LogP contribution in [-0.2, 0) is 9.53 Å². The Morgan fingerprint density at radius 1 is 1.44 bits per heavy atom. The summed E-state index contributed by atoms with van der Waals surface area (Å²) < 4.78 is 5.46. The quantitative estimate of drug-likeness (QED) is 0.773. The Labute approximate surface area is 111 Å². The molecule has 0 radical (unpaired) electrons. The van der Waals surface area contributed by atoms with Crippen molar-refractivity contribution < 1.29 is 9.53 Å². The van der Waals surface area contributed by atoms with Gasteiger partial charge in [-0.15, -0.1) is 0 Å². The summed E-state index contributed by atoms with van der Waals surface area (Å²) in [6.07, 6.45) is 3.00. The summed E-state index contributed by atoms with van der Waals surface area (Å²) in [5.41, 5.74) is 0. The van der Waals surface area contributed by atoms with Crippen molar-refractivity contribution in [3.63, 3.8) is 0 Å². The van der Waals surface area contributed by atoms with E-state index in [2.05, 4.69) is 25.7 Å². The summed E-state index contributed by atoms with van der Waals surface area (Å²) in [5.74, 6) is 2.21. The molecule has 0 spiro atoms. The smallest absolute Gasteiger partial charge is 0.137 e. The molecule has 1 saturated carbocycles.